The summed E-state index contributed by atoms with van der Waals surface area (Å²) >= 11 is 0. The monoisotopic (exact) mass is 263 g/mol. The van der Waals surface area contributed by atoms with Crippen molar-refractivity contribution >= 4 is 5.97 Å². The van der Waals surface area contributed by atoms with Crippen LogP contribution in [0.25, 0.3) is 0 Å². The SMILES string of the molecule is CCOC(=O)CC(C)(C)CC(N)c1ccc(C)cc1. The lowest BCUT2D eigenvalue weighted by Gasteiger charge is -2.27. The van der Waals surface area contributed by atoms with Gasteiger partial charge in [-0.05, 0) is 31.2 Å². The second-order valence-electron chi connectivity index (χ2n) is 5.87. The van der Waals surface area contributed by atoms with Crippen LogP contribution in [0.3, 0.4) is 0 Å². The predicted molar refractivity (Wildman–Crippen MR) is 77.8 cm³/mol. The van der Waals surface area contributed by atoms with E-state index in [1.54, 1.807) is 0 Å². The molecule has 0 spiro atoms. The van der Waals surface area contributed by atoms with Gasteiger partial charge in [-0.25, -0.2) is 0 Å². The molecule has 0 aliphatic heterocycles. The molecule has 0 heterocycles. The van der Waals surface area contributed by atoms with Crippen molar-refractivity contribution in [2.75, 3.05) is 6.61 Å². The minimum atomic E-state index is -0.156. The van der Waals surface area contributed by atoms with Crippen LogP contribution in [0, 0.1) is 12.3 Å². The Kier molecular flexibility index (Phi) is 5.55. The number of rotatable bonds is 6. The summed E-state index contributed by atoms with van der Waals surface area (Å²) in [4.78, 5) is 11.6. The summed E-state index contributed by atoms with van der Waals surface area (Å²) in [7, 11) is 0. The summed E-state index contributed by atoms with van der Waals surface area (Å²) in [5, 5.41) is 0. The Morgan fingerprint density at radius 3 is 2.42 bits per heavy atom. The van der Waals surface area contributed by atoms with Crippen LogP contribution in [0.15, 0.2) is 24.3 Å². The molecule has 1 aromatic carbocycles. The van der Waals surface area contributed by atoms with Gasteiger partial charge >= 0.3 is 5.97 Å². The molecule has 0 aliphatic rings. The van der Waals surface area contributed by atoms with Gasteiger partial charge in [0.25, 0.3) is 0 Å². The van der Waals surface area contributed by atoms with Crippen LogP contribution in [0.4, 0.5) is 0 Å². The molecule has 0 radical (unpaired) electrons. The fraction of sp³-hybridized carbons (Fsp3) is 0.562. The van der Waals surface area contributed by atoms with E-state index < -0.39 is 0 Å². The molecular weight excluding hydrogens is 238 g/mol. The van der Waals surface area contributed by atoms with E-state index in [0.717, 1.165) is 12.0 Å². The number of ether oxygens (including phenoxy) is 1. The van der Waals surface area contributed by atoms with E-state index in [2.05, 4.69) is 45.0 Å². The highest BCUT2D eigenvalue weighted by Crippen LogP contribution is 2.32. The van der Waals surface area contributed by atoms with Crippen LogP contribution >= 0.6 is 0 Å². The topological polar surface area (TPSA) is 52.3 Å². The van der Waals surface area contributed by atoms with E-state index in [4.69, 9.17) is 10.5 Å². The zero-order valence-electron chi connectivity index (χ0n) is 12.4. The first-order valence-corrected chi connectivity index (χ1v) is 6.82. The number of aryl methyl sites for hydroxylation is 1. The zero-order chi connectivity index (χ0) is 14.5. The average Bonchev–Trinajstić information content (AvgIpc) is 2.28. The highest BCUT2D eigenvalue weighted by atomic mass is 16.5. The van der Waals surface area contributed by atoms with Crippen LogP contribution in [0.1, 0.15) is 50.8 Å². The molecule has 0 bridgehead atoms. The van der Waals surface area contributed by atoms with Crippen molar-refractivity contribution in [3.63, 3.8) is 0 Å². The molecule has 3 heteroatoms. The molecule has 3 nitrogen and oxygen atoms in total. The summed E-state index contributed by atoms with van der Waals surface area (Å²) in [6, 6.07) is 8.19. The maximum atomic E-state index is 11.6. The third kappa shape index (κ3) is 5.43. The van der Waals surface area contributed by atoms with E-state index in [9.17, 15) is 4.79 Å². The van der Waals surface area contributed by atoms with Gasteiger partial charge in [0.2, 0.25) is 0 Å². The van der Waals surface area contributed by atoms with Crippen molar-refractivity contribution in [3.8, 4) is 0 Å². The summed E-state index contributed by atoms with van der Waals surface area (Å²) in [5.74, 6) is -0.149. The maximum Gasteiger partial charge on any atom is 0.306 e. The van der Waals surface area contributed by atoms with Crippen molar-refractivity contribution in [2.24, 2.45) is 11.1 Å². The van der Waals surface area contributed by atoms with E-state index in [-0.39, 0.29) is 17.4 Å². The molecule has 1 aromatic rings. The van der Waals surface area contributed by atoms with Gasteiger partial charge in [-0.3, -0.25) is 4.79 Å². The summed E-state index contributed by atoms with van der Waals surface area (Å²) < 4.78 is 5.00. The van der Waals surface area contributed by atoms with Crippen LogP contribution in [-0.2, 0) is 9.53 Å². The van der Waals surface area contributed by atoms with Crippen LogP contribution < -0.4 is 5.73 Å². The van der Waals surface area contributed by atoms with E-state index >= 15 is 0 Å². The van der Waals surface area contributed by atoms with Crippen molar-refractivity contribution in [3.05, 3.63) is 35.4 Å². The van der Waals surface area contributed by atoms with Crippen LogP contribution in [0.5, 0.6) is 0 Å². The minimum absolute atomic E-state index is 0.0509. The van der Waals surface area contributed by atoms with Crippen molar-refractivity contribution < 1.29 is 9.53 Å². The van der Waals surface area contributed by atoms with E-state index in [1.807, 2.05) is 6.92 Å². The molecule has 1 unspecified atom stereocenters. The lowest BCUT2D eigenvalue weighted by Crippen LogP contribution is -2.25. The number of hydrogen-bond donors (Lipinski definition) is 1. The molecular formula is C16H25NO2. The number of carbonyl (C=O) groups is 1. The van der Waals surface area contributed by atoms with Gasteiger partial charge in [0, 0.05) is 6.04 Å². The van der Waals surface area contributed by atoms with Crippen molar-refractivity contribution in [1.82, 2.24) is 0 Å². The molecule has 0 saturated heterocycles. The third-order valence-corrected chi connectivity index (χ3v) is 3.21. The molecule has 0 aliphatic carbocycles. The van der Waals surface area contributed by atoms with Gasteiger partial charge in [0.05, 0.1) is 13.0 Å². The first kappa shape index (κ1) is 15.7. The molecule has 0 amide bonds. The first-order valence-electron chi connectivity index (χ1n) is 6.82. The normalized spacial score (nSPS) is 13.1. The molecule has 19 heavy (non-hydrogen) atoms. The van der Waals surface area contributed by atoms with E-state index in [1.165, 1.54) is 5.56 Å². The average molecular weight is 263 g/mol. The fourth-order valence-corrected chi connectivity index (χ4v) is 2.20. The molecule has 0 saturated carbocycles. The largest absolute Gasteiger partial charge is 0.466 e. The number of esters is 1. The number of carbonyl (C=O) groups excluding carboxylic acids is 1. The molecule has 0 fully saturated rings. The third-order valence-electron chi connectivity index (χ3n) is 3.21. The highest BCUT2D eigenvalue weighted by Gasteiger charge is 2.26. The van der Waals surface area contributed by atoms with Crippen molar-refractivity contribution in [1.29, 1.82) is 0 Å². The van der Waals surface area contributed by atoms with Crippen LogP contribution in [-0.4, -0.2) is 12.6 Å². The smallest absolute Gasteiger partial charge is 0.306 e. The fourth-order valence-electron chi connectivity index (χ4n) is 2.20. The second-order valence-corrected chi connectivity index (χ2v) is 5.87. The van der Waals surface area contributed by atoms with Gasteiger partial charge in [-0.2, -0.15) is 0 Å². The maximum absolute atomic E-state index is 11.6. The molecule has 1 rings (SSSR count). The van der Waals surface area contributed by atoms with Gasteiger partial charge in [-0.15, -0.1) is 0 Å². The van der Waals surface area contributed by atoms with E-state index in [0.29, 0.717) is 13.0 Å². The Labute approximate surface area is 116 Å². The predicted octanol–water partition coefficient (Wildman–Crippen LogP) is 3.36. The highest BCUT2D eigenvalue weighted by molar-refractivity contribution is 5.70. The molecule has 106 valence electrons. The van der Waals surface area contributed by atoms with Gasteiger partial charge < -0.3 is 10.5 Å². The number of nitrogens with two attached hydrogens (primary N) is 1. The van der Waals surface area contributed by atoms with Crippen LogP contribution in [0.2, 0.25) is 0 Å². The van der Waals surface area contributed by atoms with Gasteiger partial charge in [0.15, 0.2) is 0 Å². The lowest BCUT2D eigenvalue weighted by atomic mass is 9.81. The Hall–Kier alpha value is -1.35. The minimum Gasteiger partial charge on any atom is -0.466 e. The Morgan fingerprint density at radius 2 is 1.89 bits per heavy atom. The second kappa shape index (κ2) is 6.71. The number of benzene rings is 1. The molecule has 1 atom stereocenters. The molecule has 0 aromatic heterocycles. The number of hydrogen-bond acceptors (Lipinski definition) is 3. The Balaban J connectivity index is 2.61. The van der Waals surface area contributed by atoms with Gasteiger partial charge in [-0.1, -0.05) is 43.7 Å². The quantitative estimate of drug-likeness (QED) is 0.801. The Bertz CT molecular complexity index is 409. The summed E-state index contributed by atoms with van der Waals surface area (Å²) in [6.45, 7) is 8.41. The Morgan fingerprint density at radius 1 is 1.32 bits per heavy atom. The summed E-state index contributed by atoms with van der Waals surface area (Å²) in [5.41, 5.74) is 8.41. The van der Waals surface area contributed by atoms with Gasteiger partial charge in [0.1, 0.15) is 0 Å². The zero-order valence-corrected chi connectivity index (χ0v) is 12.4. The molecule has 2 N–H and O–H groups in total. The standard InChI is InChI=1S/C16H25NO2/c1-5-19-15(18)11-16(3,4)10-14(17)13-8-6-12(2)7-9-13/h6-9,14H,5,10-11,17H2,1-4H3. The lowest BCUT2D eigenvalue weighted by molar-refractivity contribution is -0.145. The first-order chi connectivity index (χ1) is 8.84. The van der Waals surface area contributed by atoms with Crippen molar-refractivity contribution in [2.45, 2.75) is 46.6 Å². The summed E-state index contributed by atoms with van der Waals surface area (Å²) in [6.07, 6.45) is 1.16.